The maximum Gasteiger partial charge on any atom is 0.193 e. The standard InChI is InChI=1S/C22H28BrNO3/c23-20-10-6-18(7-11-20)22(26)19-8-12-21(13-9-19)27-17-4-2-1-3-14-24-15-5-16-25/h6-13,24-25H,1-5,14-17H2. The summed E-state index contributed by atoms with van der Waals surface area (Å²) < 4.78 is 6.72. The molecule has 5 heteroatoms. The zero-order valence-electron chi connectivity index (χ0n) is 15.6. The number of halogens is 1. The zero-order chi connectivity index (χ0) is 19.3. The summed E-state index contributed by atoms with van der Waals surface area (Å²) in [6.45, 7) is 2.84. The van der Waals surface area contributed by atoms with E-state index < -0.39 is 0 Å². The number of hydrogen-bond donors (Lipinski definition) is 2. The van der Waals surface area contributed by atoms with Crippen LogP contribution in [0.5, 0.6) is 5.75 Å². The second-order valence-electron chi connectivity index (χ2n) is 6.45. The van der Waals surface area contributed by atoms with Crippen LogP contribution < -0.4 is 10.1 Å². The van der Waals surface area contributed by atoms with Gasteiger partial charge >= 0.3 is 0 Å². The maximum atomic E-state index is 12.4. The van der Waals surface area contributed by atoms with E-state index in [9.17, 15) is 4.79 Å². The summed E-state index contributed by atoms with van der Waals surface area (Å²) in [5.41, 5.74) is 1.34. The minimum Gasteiger partial charge on any atom is -0.494 e. The third kappa shape index (κ3) is 8.24. The number of rotatable bonds is 13. The van der Waals surface area contributed by atoms with Gasteiger partial charge < -0.3 is 15.2 Å². The molecule has 0 aliphatic rings. The van der Waals surface area contributed by atoms with Crippen LogP contribution in [0.25, 0.3) is 0 Å². The Labute approximate surface area is 170 Å². The molecule has 2 aromatic carbocycles. The number of carbonyl (C=O) groups excluding carboxylic acids is 1. The lowest BCUT2D eigenvalue weighted by Crippen LogP contribution is -2.17. The second-order valence-corrected chi connectivity index (χ2v) is 7.37. The molecule has 2 aromatic rings. The number of ketones is 1. The van der Waals surface area contributed by atoms with Gasteiger partial charge in [0.15, 0.2) is 5.78 Å². The molecular weight excluding hydrogens is 406 g/mol. The number of hydrogen-bond acceptors (Lipinski definition) is 4. The Hall–Kier alpha value is -1.69. The fourth-order valence-electron chi connectivity index (χ4n) is 2.70. The van der Waals surface area contributed by atoms with Crippen molar-refractivity contribution in [3.05, 3.63) is 64.1 Å². The van der Waals surface area contributed by atoms with Crippen LogP contribution in [-0.2, 0) is 0 Å². The molecule has 146 valence electrons. The first-order valence-electron chi connectivity index (χ1n) is 9.55. The van der Waals surface area contributed by atoms with Crippen LogP contribution in [0.1, 0.15) is 48.0 Å². The summed E-state index contributed by atoms with van der Waals surface area (Å²) in [6.07, 6.45) is 5.31. The largest absolute Gasteiger partial charge is 0.494 e. The predicted molar refractivity (Wildman–Crippen MR) is 113 cm³/mol. The highest BCUT2D eigenvalue weighted by Gasteiger charge is 2.08. The molecule has 0 radical (unpaired) electrons. The van der Waals surface area contributed by atoms with Crippen LogP contribution in [0.15, 0.2) is 53.0 Å². The Morgan fingerprint density at radius 2 is 1.44 bits per heavy atom. The van der Waals surface area contributed by atoms with Crippen LogP contribution in [0.2, 0.25) is 0 Å². The molecule has 4 nitrogen and oxygen atoms in total. The lowest BCUT2D eigenvalue weighted by atomic mass is 10.0. The monoisotopic (exact) mass is 433 g/mol. The van der Waals surface area contributed by atoms with Gasteiger partial charge in [0.25, 0.3) is 0 Å². The number of nitrogens with one attached hydrogen (secondary N) is 1. The minimum atomic E-state index is 0.0154. The second kappa shape index (κ2) is 12.7. The van der Waals surface area contributed by atoms with Crippen molar-refractivity contribution in [1.29, 1.82) is 0 Å². The van der Waals surface area contributed by atoms with Gasteiger partial charge in [-0.05, 0) is 80.9 Å². The third-order valence-electron chi connectivity index (χ3n) is 4.25. The van der Waals surface area contributed by atoms with E-state index in [2.05, 4.69) is 21.2 Å². The summed E-state index contributed by atoms with van der Waals surface area (Å²) in [7, 11) is 0. The first kappa shape index (κ1) is 21.6. The van der Waals surface area contributed by atoms with Gasteiger partial charge in [0, 0.05) is 22.2 Å². The van der Waals surface area contributed by atoms with Crippen LogP contribution in [-0.4, -0.2) is 37.2 Å². The molecule has 0 atom stereocenters. The Morgan fingerprint density at radius 1 is 0.852 bits per heavy atom. The molecule has 0 unspecified atom stereocenters. The number of benzene rings is 2. The molecule has 0 spiro atoms. The molecule has 0 heterocycles. The van der Waals surface area contributed by atoms with Gasteiger partial charge in [0.2, 0.25) is 0 Å². The lowest BCUT2D eigenvalue weighted by molar-refractivity contribution is 0.103. The minimum absolute atomic E-state index is 0.0154. The topological polar surface area (TPSA) is 58.6 Å². The molecule has 0 aliphatic carbocycles. The average Bonchev–Trinajstić information content (AvgIpc) is 2.70. The molecule has 0 bridgehead atoms. The molecule has 0 fully saturated rings. The zero-order valence-corrected chi connectivity index (χ0v) is 17.2. The average molecular weight is 434 g/mol. The van der Waals surface area contributed by atoms with Gasteiger partial charge in [-0.15, -0.1) is 0 Å². The number of ether oxygens (including phenoxy) is 1. The van der Waals surface area contributed by atoms with Gasteiger partial charge in [0.05, 0.1) is 6.61 Å². The maximum absolute atomic E-state index is 12.4. The molecule has 0 aliphatic heterocycles. The van der Waals surface area contributed by atoms with Gasteiger partial charge in [-0.2, -0.15) is 0 Å². The highest BCUT2D eigenvalue weighted by molar-refractivity contribution is 9.10. The van der Waals surface area contributed by atoms with Crippen molar-refractivity contribution in [2.24, 2.45) is 0 Å². The fraction of sp³-hybridized carbons (Fsp3) is 0.409. The Morgan fingerprint density at radius 3 is 2.11 bits per heavy atom. The fourth-order valence-corrected chi connectivity index (χ4v) is 2.96. The van der Waals surface area contributed by atoms with E-state index in [0.29, 0.717) is 17.7 Å². The lowest BCUT2D eigenvalue weighted by Gasteiger charge is -2.08. The van der Waals surface area contributed by atoms with E-state index in [-0.39, 0.29) is 12.4 Å². The number of aliphatic hydroxyl groups excluding tert-OH is 1. The van der Waals surface area contributed by atoms with E-state index in [4.69, 9.17) is 9.84 Å². The van der Waals surface area contributed by atoms with Gasteiger partial charge in [-0.1, -0.05) is 28.8 Å². The molecule has 0 saturated heterocycles. The van der Waals surface area contributed by atoms with Crippen molar-refractivity contribution in [3.8, 4) is 5.75 Å². The summed E-state index contributed by atoms with van der Waals surface area (Å²) in [6, 6.07) is 14.7. The molecule has 0 aromatic heterocycles. The van der Waals surface area contributed by atoms with Gasteiger partial charge in [-0.3, -0.25) is 4.79 Å². The molecule has 2 N–H and O–H groups in total. The number of aliphatic hydroxyl groups is 1. The van der Waals surface area contributed by atoms with Crippen molar-refractivity contribution in [2.75, 3.05) is 26.3 Å². The summed E-state index contributed by atoms with van der Waals surface area (Å²) >= 11 is 3.38. The predicted octanol–water partition coefficient (Wildman–Crippen LogP) is 4.59. The van der Waals surface area contributed by atoms with Crippen LogP contribution in [0.4, 0.5) is 0 Å². The molecule has 0 amide bonds. The van der Waals surface area contributed by atoms with Crippen LogP contribution in [0, 0.1) is 0 Å². The Balaban J connectivity index is 1.63. The van der Waals surface area contributed by atoms with Gasteiger partial charge in [0.1, 0.15) is 5.75 Å². The van der Waals surface area contributed by atoms with Gasteiger partial charge in [-0.25, -0.2) is 0 Å². The Kier molecular flexibility index (Phi) is 10.1. The SMILES string of the molecule is O=C(c1ccc(Br)cc1)c1ccc(OCCCCCCNCCCO)cc1. The van der Waals surface area contributed by atoms with Crippen molar-refractivity contribution in [3.63, 3.8) is 0 Å². The van der Waals surface area contributed by atoms with Crippen molar-refractivity contribution in [1.82, 2.24) is 5.32 Å². The highest BCUT2D eigenvalue weighted by atomic mass is 79.9. The molecular formula is C22H28BrNO3. The van der Waals surface area contributed by atoms with E-state index in [0.717, 1.165) is 49.0 Å². The number of unbranched alkanes of at least 4 members (excludes halogenated alkanes) is 3. The Bertz CT molecular complexity index is 671. The normalized spacial score (nSPS) is 10.7. The van der Waals surface area contributed by atoms with Crippen molar-refractivity contribution >= 4 is 21.7 Å². The summed E-state index contributed by atoms with van der Waals surface area (Å²) in [5.74, 6) is 0.815. The van der Waals surface area contributed by atoms with E-state index in [1.54, 1.807) is 0 Å². The number of carbonyl (C=O) groups is 1. The highest BCUT2D eigenvalue weighted by Crippen LogP contribution is 2.17. The molecule has 27 heavy (non-hydrogen) atoms. The van der Waals surface area contributed by atoms with E-state index in [1.165, 1.54) is 6.42 Å². The smallest absolute Gasteiger partial charge is 0.193 e. The van der Waals surface area contributed by atoms with Crippen molar-refractivity contribution < 1.29 is 14.6 Å². The van der Waals surface area contributed by atoms with E-state index in [1.807, 2.05) is 48.5 Å². The molecule has 0 saturated carbocycles. The summed E-state index contributed by atoms with van der Waals surface area (Å²) in [5, 5.41) is 12.0. The molecule has 2 rings (SSSR count). The quantitative estimate of drug-likeness (QED) is 0.358. The third-order valence-corrected chi connectivity index (χ3v) is 4.78. The first-order chi connectivity index (χ1) is 13.2. The van der Waals surface area contributed by atoms with Crippen LogP contribution >= 0.6 is 15.9 Å². The first-order valence-corrected chi connectivity index (χ1v) is 10.3. The van der Waals surface area contributed by atoms with Crippen molar-refractivity contribution in [2.45, 2.75) is 32.1 Å². The van der Waals surface area contributed by atoms with Crippen LogP contribution in [0.3, 0.4) is 0 Å². The summed E-state index contributed by atoms with van der Waals surface area (Å²) in [4.78, 5) is 12.4. The van der Waals surface area contributed by atoms with E-state index >= 15 is 0 Å².